The normalized spacial score (nSPS) is 27.9. The van der Waals surface area contributed by atoms with Gasteiger partial charge in [0, 0.05) is 12.0 Å². The number of likely N-dealkylation sites (tertiary alicyclic amines) is 1. The third kappa shape index (κ3) is 3.03. The molecule has 2 nitrogen and oxygen atoms in total. The first-order valence-corrected chi connectivity index (χ1v) is 9.76. The minimum atomic E-state index is 0.750. The van der Waals surface area contributed by atoms with E-state index in [0.29, 0.717) is 0 Å². The van der Waals surface area contributed by atoms with Gasteiger partial charge < -0.3 is 4.74 Å². The van der Waals surface area contributed by atoms with E-state index in [1.807, 2.05) is 7.11 Å². The van der Waals surface area contributed by atoms with Gasteiger partial charge in [-0.2, -0.15) is 0 Å². The van der Waals surface area contributed by atoms with Crippen LogP contribution in [0, 0.1) is 5.92 Å². The molecule has 1 heterocycles. The van der Waals surface area contributed by atoms with Gasteiger partial charge in [-0.05, 0) is 68.3 Å². The van der Waals surface area contributed by atoms with Gasteiger partial charge in [-0.15, -0.1) is 0 Å². The van der Waals surface area contributed by atoms with Crippen LogP contribution in [0.2, 0.25) is 0 Å². The Hall–Kier alpha value is -1.02. The van der Waals surface area contributed by atoms with E-state index in [1.165, 1.54) is 76.4 Å². The Bertz CT molecular complexity index is 535. The van der Waals surface area contributed by atoms with Gasteiger partial charge in [0.2, 0.25) is 0 Å². The first kappa shape index (κ1) is 15.5. The lowest BCUT2D eigenvalue weighted by Gasteiger charge is -2.34. The second-order valence-corrected chi connectivity index (χ2v) is 7.86. The van der Waals surface area contributed by atoms with Crippen LogP contribution in [0.3, 0.4) is 0 Å². The van der Waals surface area contributed by atoms with Gasteiger partial charge in [-0.25, -0.2) is 0 Å². The van der Waals surface area contributed by atoms with Crippen molar-refractivity contribution < 1.29 is 4.74 Å². The zero-order valence-corrected chi connectivity index (χ0v) is 14.6. The van der Waals surface area contributed by atoms with Crippen molar-refractivity contribution in [1.29, 1.82) is 0 Å². The molecule has 0 N–H and O–H groups in total. The highest BCUT2D eigenvalue weighted by Gasteiger charge is 2.39. The van der Waals surface area contributed by atoms with Crippen molar-refractivity contribution in [2.75, 3.05) is 20.2 Å². The number of hydrogen-bond acceptors (Lipinski definition) is 2. The Kier molecular flexibility index (Phi) is 4.61. The average molecular weight is 313 g/mol. The maximum absolute atomic E-state index is 5.60. The van der Waals surface area contributed by atoms with Crippen LogP contribution in [-0.2, 0) is 6.42 Å². The van der Waals surface area contributed by atoms with Gasteiger partial charge >= 0.3 is 0 Å². The minimum absolute atomic E-state index is 0.750. The zero-order valence-electron chi connectivity index (χ0n) is 14.6. The minimum Gasteiger partial charge on any atom is -0.496 e. The topological polar surface area (TPSA) is 12.5 Å². The quantitative estimate of drug-likeness (QED) is 0.776. The van der Waals surface area contributed by atoms with Crippen molar-refractivity contribution in [2.45, 2.75) is 69.7 Å². The molecular weight excluding hydrogens is 282 g/mol. The maximum atomic E-state index is 5.60. The van der Waals surface area contributed by atoms with Crippen LogP contribution in [0.1, 0.15) is 68.4 Å². The van der Waals surface area contributed by atoms with E-state index in [4.69, 9.17) is 4.74 Å². The van der Waals surface area contributed by atoms with Gasteiger partial charge in [-0.1, -0.05) is 37.8 Å². The molecule has 3 aliphatic rings. The molecule has 2 fully saturated rings. The predicted molar refractivity (Wildman–Crippen MR) is 95.2 cm³/mol. The third-order valence-corrected chi connectivity index (χ3v) is 6.67. The summed E-state index contributed by atoms with van der Waals surface area (Å²) in [4.78, 5) is 2.81. The molecule has 23 heavy (non-hydrogen) atoms. The van der Waals surface area contributed by atoms with Crippen LogP contribution in [0.25, 0.3) is 0 Å². The van der Waals surface area contributed by atoms with E-state index < -0.39 is 0 Å². The molecule has 2 heteroatoms. The van der Waals surface area contributed by atoms with Crippen LogP contribution in [-0.4, -0.2) is 31.1 Å². The van der Waals surface area contributed by atoms with Crippen molar-refractivity contribution in [3.8, 4) is 5.75 Å². The molecule has 1 aliphatic heterocycles. The highest BCUT2D eigenvalue weighted by Crippen LogP contribution is 2.44. The number of nitrogens with zero attached hydrogens (tertiary/aromatic N) is 1. The first-order valence-electron chi connectivity index (χ1n) is 9.76. The van der Waals surface area contributed by atoms with Crippen molar-refractivity contribution in [1.82, 2.24) is 4.90 Å². The van der Waals surface area contributed by atoms with Gasteiger partial charge in [0.25, 0.3) is 0 Å². The van der Waals surface area contributed by atoms with Crippen molar-refractivity contribution >= 4 is 0 Å². The molecule has 1 saturated heterocycles. The summed E-state index contributed by atoms with van der Waals surface area (Å²) >= 11 is 0. The summed E-state index contributed by atoms with van der Waals surface area (Å²) in [7, 11) is 1.81. The number of ether oxygens (including phenoxy) is 1. The highest BCUT2D eigenvalue weighted by atomic mass is 16.5. The average Bonchev–Trinajstić information content (AvgIpc) is 3.24. The molecule has 0 radical (unpaired) electrons. The molecule has 1 aromatic carbocycles. The molecule has 0 amide bonds. The second-order valence-electron chi connectivity index (χ2n) is 7.86. The lowest BCUT2D eigenvalue weighted by molar-refractivity contribution is 0.217. The molecule has 1 saturated carbocycles. The summed E-state index contributed by atoms with van der Waals surface area (Å²) in [6, 6.07) is 7.46. The van der Waals surface area contributed by atoms with Gasteiger partial charge in [0.05, 0.1) is 7.11 Å². The second kappa shape index (κ2) is 6.84. The van der Waals surface area contributed by atoms with Crippen molar-refractivity contribution in [3.05, 3.63) is 29.3 Å². The molecule has 2 aliphatic carbocycles. The number of rotatable bonds is 5. The summed E-state index contributed by atoms with van der Waals surface area (Å²) in [5, 5.41) is 0. The highest BCUT2D eigenvalue weighted by molar-refractivity contribution is 5.45. The maximum Gasteiger partial charge on any atom is 0.122 e. The summed E-state index contributed by atoms with van der Waals surface area (Å²) in [6.45, 7) is 2.63. The fourth-order valence-electron chi connectivity index (χ4n) is 5.50. The fraction of sp³-hybridized carbons (Fsp3) is 0.714. The Morgan fingerprint density at radius 1 is 1.13 bits per heavy atom. The van der Waals surface area contributed by atoms with Crippen LogP contribution in [0.4, 0.5) is 0 Å². The first-order chi connectivity index (χ1) is 11.4. The predicted octanol–water partition coefficient (Wildman–Crippen LogP) is 4.77. The zero-order chi connectivity index (χ0) is 15.6. The van der Waals surface area contributed by atoms with Gasteiger partial charge in [0.1, 0.15) is 5.75 Å². The van der Waals surface area contributed by atoms with E-state index in [1.54, 1.807) is 5.56 Å². The Labute approximate surface area is 141 Å². The molecule has 0 aromatic heterocycles. The molecule has 126 valence electrons. The number of hydrogen-bond donors (Lipinski definition) is 0. The fourth-order valence-corrected chi connectivity index (χ4v) is 5.50. The summed E-state index contributed by atoms with van der Waals surface area (Å²) in [5.74, 6) is 2.91. The molecular formula is C21H31NO. The number of fused-ring (bicyclic) bond motifs is 3. The molecule has 0 unspecified atom stereocenters. The number of benzene rings is 1. The van der Waals surface area contributed by atoms with Gasteiger partial charge in [0.15, 0.2) is 0 Å². The lowest BCUT2D eigenvalue weighted by Crippen LogP contribution is -2.35. The summed E-state index contributed by atoms with van der Waals surface area (Å²) in [5.41, 5.74) is 3.07. The Morgan fingerprint density at radius 3 is 2.83 bits per heavy atom. The molecule has 0 bridgehead atoms. The standard InChI is InChI=1S/C21H31NO/c1-23-21-10-4-9-17-18-13-15-22(20(18)12-11-19(17)21)14-5-8-16-6-2-3-7-16/h4,9-10,16,18,20H,2-3,5-8,11-15H2,1H3/t18-,20+/m0/s1. The third-order valence-electron chi connectivity index (χ3n) is 6.67. The van der Waals surface area contributed by atoms with Crippen LogP contribution in [0.15, 0.2) is 18.2 Å². The van der Waals surface area contributed by atoms with Crippen molar-refractivity contribution in [3.63, 3.8) is 0 Å². The smallest absolute Gasteiger partial charge is 0.122 e. The molecule has 2 atom stereocenters. The van der Waals surface area contributed by atoms with Gasteiger partial charge in [-0.3, -0.25) is 4.90 Å². The summed E-state index contributed by atoms with van der Waals surface area (Å²) in [6.07, 6.45) is 12.7. The van der Waals surface area contributed by atoms with E-state index in [0.717, 1.165) is 23.6 Å². The van der Waals surface area contributed by atoms with Crippen LogP contribution < -0.4 is 4.74 Å². The summed E-state index contributed by atoms with van der Waals surface area (Å²) < 4.78 is 5.60. The van der Waals surface area contributed by atoms with Crippen molar-refractivity contribution in [2.24, 2.45) is 5.92 Å². The monoisotopic (exact) mass is 313 g/mol. The van der Waals surface area contributed by atoms with E-state index in [2.05, 4.69) is 23.1 Å². The van der Waals surface area contributed by atoms with Crippen LogP contribution in [0.5, 0.6) is 5.75 Å². The number of methoxy groups -OCH3 is 1. The molecule has 4 rings (SSSR count). The Morgan fingerprint density at radius 2 is 2.00 bits per heavy atom. The van der Waals surface area contributed by atoms with E-state index in [-0.39, 0.29) is 0 Å². The lowest BCUT2D eigenvalue weighted by atomic mass is 9.79. The van der Waals surface area contributed by atoms with E-state index >= 15 is 0 Å². The van der Waals surface area contributed by atoms with Crippen LogP contribution >= 0.6 is 0 Å². The Balaban J connectivity index is 1.39. The molecule has 0 spiro atoms. The van der Waals surface area contributed by atoms with E-state index in [9.17, 15) is 0 Å². The molecule has 1 aromatic rings. The largest absolute Gasteiger partial charge is 0.496 e. The SMILES string of the molecule is COc1cccc2c1CC[C@@H]1[C@H]2CCN1CCCC1CCCC1.